The van der Waals surface area contributed by atoms with Crippen molar-refractivity contribution >= 4 is 0 Å². The molecular formula is C15H27N3O2. The lowest BCUT2D eigenvalue weighted by molar-refractivity contribution is -0.0178. The first-order valence-electron chi connectivity index (χ1n) is 7.60. The van der Waals surface area contributed by atoms with Gasteiger partial charge in [0.2, 0.25) is 11.7 Å². The fourth-order valence-corrected chi connectivity index (χ4v) is 2.97. The van der Waals surface area contributed by atoms with Gasteiger partial charge >= 0.3 is 0 Å². The number of aryl methyl sites for hydroxylation is 1. The van der Waals surface area contributed by atoms with Gasteiger partial charge in [0.15, 0.2) is 0 Å². The minimum Gasteiger partial charge on any atom is -0.370 e. The number of aromatic nitrogens is 2. The standard InChI is InChI=1S/C15H27N3O2/c1-14(2,10-11-16)9-6-12-17-13(18-20-12)15(19-3)7-4-5-8-15/h4-11,16H2,1-3H3. The molecule has 2 N–H and O–H groups in total. The van der Waals surface area contributed by atoms with Gasteiger partial charge in [0.1, 0.15) is 5.60 Å². The van der Waals surface area contributed by atoms with Gasteiger partial charge in [-0.1, -0.05) is 19.0 Å². The molecule has 0 saturated heterocycles. The number of hydrogen-bond acceptors (Lipinski definition) is 5. The average Bonchev–Trinajstić information content (AvgIpc) is 3.06. The van der Waals surface area contributed by atoms with E-state index < -0.39 is 0 Å². The van der Waals surface area contributed by atoms with Crippen LogP contribution in [0, 0.1) is 5.41 Å². The van der Waals surface area contributed by atoms with Crippen LogP contribution in [-0.2, 0) is 16.8 Å². The van der Waals surface area contributed by atoms with E-state index in [9.17, 15) is 0 Å². The highest BCUT2D eigenvalue weighted by molar-refractivity contribution is 5.04. The van der Waals surface area contributed by atoms with Gasteiger partial charge in [0.25, 0.3) is 0 Å². The van der Waals surface area contributed by atoms with Crippen LogP contribution < -0.4 is 5.73 Å². The van der Waals surface area contributed by atoms with Crippen LogP contribution in [-0.4, -0.2) is 23.8 Å². The van der Waals surface area contributed by atoms with Crippen molar-refractivity contribution in [2.75, 3.05) is 13.7 Å². The Morgan fingerprint density at radius 2 is 2.00 bits per heavy atom. The molecule has 1 aromatic heterocycles. The Hall–Kier alpha value is -0.940. The summed E-state index contributed by atoms with van der Waals surface area (Å²) in [5.41, 5.74) is 5.54. The molecule has 0 atom stereocenters. The van der Waals surface area contributed by atoms with Crippen molar-refractivity contribution < 1.29 is 9.26 Å². The van der Waals surface area contributed by atoms with E-state index in [1.165, 1.54) is 12.8 Å². The van der Waals surface area contributed by atoms with Crippen molar-refractivity contribution in [1.29, 1.82) is 0 Å². The lowest BCUT2D eigenvalue weighted by Gasteiger charge is -2.23. The number of nitrogens with zero attached hydrogens (tertiary/aromatic N) is 2. The molecule has 0 spiro atoms. The Morgan fingerprint density at radius 3 is 2.60 bits per heavy atom. The second kappa shape index (κ2) is 6.22. The highest BCUT2D eigenvalue weighted by Crippen LogP contribution is 2.40. The van der Waals surface area contributed by atoms with Crippen molar-refractivity contribution in [2.45, 2.75) is 64.4 Å². The zero-order chi connectivity index (χ0) is 14.6. The predicted molar refractivity (Wildman–Crippen MR) is 77.2 cm³/mol. The van der Waals surface area contributed by atoms with Crippen LogP contribution in [0.1, 0.15) is 64.1 Å². The largest absolute Gasteiger partial charge is 0.370 e. The normalized spacial score (nSPS) is 18.6. The third-order valence-corrected chi connectivity index (χ3v) is 4.51. The van der Waals surface area contributed by atoms with E-state index in [4.69, 9.17) is 15.0 Å². The number of rotatable bonds is 7. The highest BCUT2D eigenvalue weighted by atomic mass is 16.5. The molecule has 1 aliphatic rings. The molecule has 2 rings (SSSR count). The molecule has 0 bridgehead atoms. The van der Waals surface area contributed by atoms with Gasteiger partial charge in [-0.25, -0.2) is 0 Å². The minimum absolute atomic E-state index is 0.218. The number of methoxy groups -OCH3 is 1. The summed E-state index contributed by atoms with van der Waals surface area (Å²) in [6.07, 6.45) is 7.13. The molecule has 114 valence electrons. The molecule has 5 heteroatoms. The van der Waals surface area contributed by atoms with E-state index in [2.05, 4.69) is 24.0 Å². The SMILES string of the molecule is COC1(c2noc(CCC(C)(C)CCN)n2)CCCC1. The zero-order valence-electron chi connectivity index (χ0n) is 12.9. The second-order valence-corrected chi connectivity index (χ2v) is 6.62. The molecular weight excluding hydrogens is 254 g/mol. The topological polar surface area (TPSA) is 74.2 Å². The quantitative estimate of drug-likeness (QED) is 0.832. The summed E-state index contributed by atoms with van der Waals surface area (Å²) in [5.74, 6) is 1.44. The summed E-state index contributed by atoms with van der Waals surface area (Å²) in [6.45, 7) is 5.17. The lowest BCUT2D eigenvalue weighted by atomic mass is 9.84. The predicted octanol–water partition coefficient (Wildman–Crippen LogP) is 2.79. The molecule has 0 amide bonds. The van der Waals surface area contributed by atoms with Crippen molar-refractivity contribution in [3.05, 3.63) is 11.7 Å². The van der Waals surface area contributed by atoms with Crippen molar-refractivity contribution in [2.24, 2.45) is 11.1 Å². The van der Waals surface area contributed by atoms with Crippen molar-refractivity contribution in [3.63, 3.8) is 0 Å². The summed E-state index contributed by atoms with van der Waals surface area (Å²) in [6, 6.07) is 0. The Labute approximate surface area is 121 Å². The van der Waals surface area contributed by atoms with Crippen molar-refractivity contribution in [1.82, 2.24) is 10.1 Å². The summed E-state index contributed by atoms with van der Waals surface area (Å²) in [7, 11) is 1.74. The van der Waals surface area contributed by atoms with Gasteiger partial charge in [-0.3, -0.25) is 0 Å². The van der Waals surface area contributed by atoms with Crippen LogP contribution in [0.5, 0.6) is 0 Å². The van der Waals surface area contributed by atoms with Gasteiger partial charge < -0.3 is 15.0 Å². The first kappa shape index (κ1) is 15.4. The highest BCUT2D eigenvalue weighted by Gasteiger charge is 2.40. The summed E-state index contributed by atoms with van der Waals surface area (Å²) in [4.78, 5) is 4.56. The zero-order valence-corrected chi connectivity index (χ0v) is 12.9. The Bertz CT molecular complexity index is 423. The molecule has 0 aliphatic heterocycles. The van der Waals surface area contributed by atoms with E-state index in [1.807, 2.05) is 0 Å². The molecule has 0 aromatic carbocycles. The fraction of sp³-hybridized carbons (Fsp3) is 0.867. The van der Waals surface area contributed by atoms with Gasteiger partial charge in [0, 0.05) is 13.5 Å². The molecule has 0 unspecified atom stereocenters. The third kappa shape index (κ3) is 3.38. The summed E-state index contributed by atoms with van der Waals surface area (Å²) in [5, 5.41) is 4.15. The fourth-order valence-electron chi connectivity index (χ4n) is 2.97. The second-order valence-electron chi connectivity index (χ2n) is 6.62. The van der Waals surface area contributed by atoms with E-state index in [0.29, 0.717) is 5.89 Å². The molecule has 1 aliphatic carbocycles. The molecule has 1 heterocycles. The Kier molecular flexibility index (Phi) is 4.81. The molecule has 20 heavy (non-hydrogen) atoms. The minimum atomic E-state index is -0.311. The van der Waals surface area contributed by atoms with Gasteiger partial charge in [-0.05, 0) is 50.5 Å². The first-order chi connectivity index (χ1) is 9.51. The maximum atomic E-state index is 5.68. The van der Waals surface area contributed by atoms with Gasteiger partial charge in [-0.15, -0.1) is 0 Å². The van der Waals surface area contributed by atoms with E-state index in [0.717, 1.165) is 44.5 Å². The molecule has 5 nitrogen and oxygen atoms in total. The summed E-state index contributed by atoms with van der Waals surface area (Å²) < 4.78 is 11.1. The van der Waals surface area contributed by atoms with Crippen LogP contribution in [0.15, 0.2) is 4.52 Å². The van der Waals surface area contributed by atoms with Crippen LogP contribution >= 0.6 is 0 Å². The number of nitrogens with two attached hydrogens (primary N) is 1. The molecule has 0 radical (unpaired) electrons. The van der Waals surface area contributed by atoms with Crippen molar-refractivity contribution in [3.8, 4) is 0 Å². The maximum absolute atomic E-state index is 5.68. The van der Waals surface area contributed by atoms with Gasteiger partial charge in [0.05, 0.1) is 0 Å². The molecule has 1 saturated carbocycles. The van der Waals surface area contributed by atoms with Crippen LogP contribution in [0.4, 0.5) is 0 Å². The summed E-state index contributed by atoms with van der Waals surface area (Å²) >= 11 is 0. The first-order valence-corrected chi connectivity index (χ1v) is 7.60. The Morgan fingerprint density at radius 1 is 1.30 bits per heavy atom. The van der Waals surface area contributed by atoms with Crippen LogP contribution in [0.25, 0.3) is 0 Å². The smallest absolute Gasteiger partial charge is 0.226 e. The van der Waals surface area contributed by atoms with E-state index in [-0.39, 0.29) is 11.0 Å². The van der Waals surface area contributed by atoms with Crippen LogP contribution in [0.3, 0.4) is 0 Å². The van der Waals surface area contributed by atoms with Crippen LogP contribution in [0.2, 0.25) is 0 Å². The Balaban J connectivity index is 1.99. The monoisotopic (exact) mass is 281 g/mol. The maximum Gasteiger partial charge on any atom is 0.226 e. The molecule has 1 aromatic rings. The van der Waals surface area contributed by atoms with E-state index in [1.54, 1.807) is 7.11 Å². The molecule has 1 fully saturated rings. The number of ether oxygens (including phenoxy) is 1. The average molecular weight is 281 g/mol. The third-order valence-electron chi connectivity index (χ3n) is 4.51. The van der Waals surface area contributed by atoms with Gasteiger partial charge in [-0.2, -0.15) is 4.98 Å². The van der Waals surface area contributed by atoms with E-state index >= 15 is 0 Å². The number of hydrogen-bond donors (Lipinski definition) is 1. The lowest BCUT2D eigenvalue weighted by Crippen LogP contribution is -2.26.